The minimum absolute atomic E-state index is 0.0529. The summed E-state index contributed by atoms with van der Waals surface area (Å²) in [5.41, 5.74) is 0.0529. The molecule has 1 aromatic carbocycles. The van der Waals surface area contributed by atoms with Crippen molar-refractivity contribution in [2.75, 3.05) is 13.2 Å². The molecule has 2 heterocycles. The van der Waals surface area contributed by atoms with Gasteiger partial charge in [-0.15, -0.1) is 0 Å². The Morgan fingerprint density at radius 1 is 1.19 bits per heavy atom. The molecule has 1 saturated heterocycles. The van der Waals surface area contributed by atoms with Crippen LogP contribution in [0.3, 0.4) is 0 Å². The molecule has 0 aromatic heterocycles. The summed E-state index contributed by atoms with van der Waals surface area (Å²) in [6.45, 7) is 1.18. The topological polar surface area (TPSA) is 47.9 Å². The lowest BCUT2D eigenvalue weighted by atomic mass is 9.70. The molecule has 0 amide bonds. The molecular formula is C17H22O4. The van der Waals surface area contributed by atoms with Crippen LogP contribution < -0.4 is 9.47 Å². The second-order valence-electron chi connectivity index (χ2n) is 6.54. The maximum Gasteiger partial charge on any atom is 0.161 e. The third kappa shape index (κ3) is 2.40. The van der Waals surface area contributed by atoms with E-state index in [0.29, 0.717) is 6.61 Å². The van der Waals surface area contributed by atoms with Crippen molar-refractivity contribution < 1.29 is 19.3 Å². The lowest BCUT2D eigenvalue weighted by Gasteiger charge is -2.48. The molecule has 3 atom stereocenters. The van der Waals surface area contributed by atoms with Gasteiger partial charge in [-0.25, -0.2) is 0 Å². The molecule has 1 spiro atoms. The Balaban J connectivity index is 1.44. The highest BCUT2D eigenvalue weighted by Gasteiger charge is 2.46. The van der Waals surface area contributed by atoms with Crippen molar-refractivity contribution in [1.29, 1.82) is 0 Å². The Hall–Kier alpha value is -1.26. The monoisotopic (exact) mass is 290 g/mol. The Kier molecular flexibility index (Phi) is 3.31. The number of hydrogen-bond donors (Lipinski definition) is 1. The van der Waals surface area contributed by atoms with E-state index in [1.807, 2.05) is 24.3 Å². The minimum Gasteiger partial charge on any atom is -0.486 e. The van der Waals surface area contributed by atoms with Crippen molar-refractivity contribution in [2.45, 2.75) is 49.9 Å². The van der Waals surface area contributed by atoms with E-state index in [1.165, 1.54) is 6.42 Å². The molecule has 2 aliphatic heterocycles. The van der Waals surface area contributed by atoms with Gasteiger partial charge in [0, 0.05) is 6.61 Å². The lowest BCUT2D eigenvalue weighted by molar-refractivity contribution is -0.167. The zero-order valence-corrected chi connectivity index (χ0v) is 12.2. The van der Waals surface area contributed by atoms with Gasteiger partial charge in [0.15, 0.2) is 17.6 Å². The maximum atomic E-state index is 10.7. The van der Waals surface area contributed by atoms with Crippen LogP contribution in [-0.2, 0) is 4.74 Å². The van der Waals surface area contributed by atoms with Crippen LogP contribution in [0, 0.1) is 5.92 Å². The van der Waals surface area contributed by atoms with Crippen LogP contribution in [0.15, 0.2) is 24.3 Å². The van der Waals surface area contributed by atoms with Crippen molar-refractivity contribution in [3.8, 4) is 11.5 Å². The van der Waals surface area contributed by atoms with E-state index >= 15 is 0 Å². The van der Waals surface area contributed by atoms with E-state index in [1.54, 1.807) is 0 Å². The van der Waals surface area contributed by atoms with Crippen molar-refractivity contribution in [3.05, 3.63) is 24.3 Å². The number of hydrogen-bond acceptors (Lipinski definition) is 4. The first kappa shape index (κ1) is 13.4. The molecule has 0 bridgehead atoms. The summed E-state index contributed by atoms with van der Waals surface area (Å²) in [4.78, 5) is 0. The van der Waals surface area contributed by atoms with Crippen LogP contribution in [0.1, 0.15) is 32.1 Å². The van der Waals surface area contributed by atoms with E-state index < -0.39 is 6.10 Å². The number of rotatable bonds is 2. The molecule has 0 radical (unpaired) electrons. The summed E-state index contributed by atoms with van der Waals surface area (Å²) in [6, 6.07) is 7.65. The fourth-order valence-electron chi connectivity index (χ4n) is 3.78. The second kappa shape index (κ2) is 5.18. The van der Waals surface area contributed by atoms with Gasteiger partial charge >= 0.3 is 0 Å². The van der Waals surface area contributed by atoms with Gasteiger partial charge in [0.1, 0.15) is 6.61 Å². The van der Waals surface area contributed by atoms with E-state index in [4.69, 9.17) is 14.2 Å². The van der Waals surface area contributed by atoms with Crippen LogP contribution in [0.25, 0.3) is 0 Å². The number of aliphatic hydroxyl groups excluding tert-OH is 1. The number of fused-ring (bicyclic) bond motifs is 1. The maximum absolute atomic E-state index is 10.7. The van der Waals surface area contributed by atoms with Crippen LogP contribution >= 0.6 is 0 Å². The Bertz CT molecular complexity index is 511. The predicted octanol–water partition coefficient (Wildman–Crippen LogP) is 2.54. The highest BCUT2D eigenvalue weighted by molar-refractivity contribution is 5.40. The summed E-state index contributed by atoms with van der Waals surface area (Å²) in [5, 5.41) is 10.7. The molecule has 21 heavy (non-hydrogen) atoms. The smallest absolute Gasteiger partial charge is 0.161 e. The number of para-hydroxylation sites is 2. The van der Waals surface area contributed by atoms with E-state index in [2.05, 4.69) is 0 Å². The van der Waals surface area contributed by atoms with Gasteiger partial charge in [-0.1, -0.05) is 12.1 Å². The molecular weight excluding hydrogens is 268 g/mol. The fourth-order valence-corrected chi connectivity index (χ4v) is 3.78. The molecule has 114 valence electrons. The predicted molar refractivity (Wildman–Crippen MR) is 77.6 cm³/mol. The van der Waals surface area contributed by atoms with Gasteiger partial charge in [-0.05, 0) is 50.2 Å². The number of benzene rings is 1. The number of aliphatic hydroxyl groups is 1. The average Bonchev–Trinajstić information content (AvgIpc) is 2.52. The van der Waals surface area contributed by atoms with Gasteiger partial charge in [0.2, 0.25) is 0 Å². The van der Waals surface area contributed by atoms with E-state index in [9.17, 15) is 5.11 Å². The van der Waals surface area contributed by atoms with Crippen LogP contribution in [0.4, 0.5) is 0 Å². The third-order valence-electron chi connectivity index (χ3n) is 5.19. The minimum atomic E-state index is -0.486. The molecule has 4 heteroatoms. The van der Waals surface area contributed by atoms with Crippen molar-refractivity contribution in [3.63, 3.8) is 0 Å². The summed E-state index contributed by atoms with van der Waals surface area (Å²) >= 11 is 0. The highest BCUT2D eigenvalue weighted by atomic mass is 16.6. The first-order chi connectivity index (χ1) is 10.3. The standard InChI is InChI=1S/C17H22O4/c18-16(12-6-9-20-17(10-12)7-3-8-17)15-11-19-13-4-1-2-5-14(13)21-15/h1-2,4-5,12,15-16,18H,3,6-11H2. The fraction of sp³-hybridized carbons (Fsp3) is 0.647. The molecule has 1 saturated carbocycles. The van der Waals surface area contributed by atoms with Crippen LogP contribution in [0.5, 0.6) is 11.5 Å². The quantitative estimate of drug-likeness (QED) is 0.909. The molecule has 1 aromatic rings. The Morgan fingerprint density at radius 2 is 2.00 bits per heavy atom. The van der Waals surface area contributed by atoms with Crippen molar-refractivity contribution in [1.82, 2.24) is 0 Å². The normalized spacial score (nSPS) is 31.5. The van der Waals surface area contributed by atoms with Crippen molar-refractivity contribution in [2.24, 2.45) is 5.92 Å². The van der Waals surface area contributed by atoms with Gasteiger partial charge < -0.3 is 19.3 Å². The first-order valence-corrected chi connectivity index (χ1v) is 7.96. The summed E-state index contributed by atoms with van der Waals surface area (Å²) in [6.07, 6.45) is 4.63. The van der Waals surface area contributed by atoms with Crippen molar-refractivity contribution >= 4 is 0 Å². The van der Waals surface area contributed by atoms with Gasteiger partial charge in [0.25, 0.3) is 0 Å². The molecule has 2 fully saturated rings. The lowest BCUT2D eigenvalue weighted by Crippen LogP contribution is -2.51. The summed E-state index contributed by atoms with van der Waals surface area (Å²) in [7, 11) is 0. The second-order valence-corrected chi connectivity index (χ2v) is 6.54. The SMILES string of the molecule is OC(C1CCOC2(CCC2)C1)C1COc2ccccc2O1. The molecule has 1 aliphatic carbocycles. The summed E-state index contributed by atoms with van der Waals surface area (Å²) < 4.78 is 17.6. The molecule has 3 aliphatic rings. The largest absolute Gasteiger partial charge is 0.486 e. The zero-order valence-electron chi connectivity index (χ0n) is 12.2. The van der Waals surface area contributed by atoms with Gasteiger partial charge in [-0.2, -0.15) is 0 Å². The van der Waals surface area contributed by atoms with E-state index in [-0.39, 0.29) is 17.6 Å². The highest BCUT2D eigenvalue weighted by Crippen LogP contribution is 2.45. The Labute approximate surface area is 125 Å². The first-order valence-electron chi connectivity index (χ1n) is 7.96. The Morgan fingerprint density at radius 3 is 2.76 bits per heavy atom. The number of ether oxygens (including phenoxy) is 3. The third-order valence-corrected chi connectivity index (χ3v) is 5.19. The molecule has 4 nitrogen and oxygen atoms in total. The molecule has 4 rings (SSSR count). The van der Waals surface area contributed by atoms with Gasteiger partial charge in [0.05, 0.1) is 11.7 Å². The zero-order chi connectivity index (χ0) is 14.3. The van der Waals surface area contributed by atoms with E-state index in [0.717, 1.165) is 43.8 Å². The molecule has 3 unspecified atom stereocenters. The van der Waals surface area contributed by atoms with Gasteiger partial charge in [-0.3, -0.25) is 0 Å². The van der Waals surface area contributed by atoms with Crippen LogP contribution in [-0.4, -0.2) is 36.1 Å². The average molecular weight is 290 g/mol. The molecule has 1 N–H and O–H groups in total. The summed E-state index contributed by atoms with van der Waals surface area (Å²) in [5.74, 6) is 1.75. The van der Waals surface area contributed by atoms with Crippen LogP contribution in [0.2, 0.25) is 0 Å².